The van der Waals surface area contributed by atoms with Crippen LogP contribution in [0.1, 0.15) is 12.8 Å². The molecule has 1 aliphatic rings. The van der Waals surface area contributed by atoms with E-state index in [0.717, 1.165) is 13.1 Å². The van der Waals surface area contributed by atoms with Crippen molar-refractivity contribution in [3.05, 3.63) is 15.9 Å². The molecule has 0 amide bonds. The van der Waals surface area contributed by atoms with Crippen molar-refractivity contribution in [3.63, 3.8) is 0 Å². The number of rotatable bonds is 2. The molecule has 13 heavy (non-hydrogen) atoms. The average Bonchev–Trinajstić information content (AvgIpc) is 2.53. The number of hydrogen-bond donors (Lipinski definition) is 2. The Morgan fingerprint density at radius 2 is 2.15 bits per heavy atom. The van der Waals surface area contributed by atoms with Gasteiger partial charge in [-0.1, -0.05) is 0 Å². The Morgan fingerprint density at radius 1 is 1.38 bits per heavy atom. The van der Waals surface area contributed by atoms with Crippen LogP contribution in [0.3, 0.4) is 0 Å². The molecule has 2 nitrogen and oxygen atoms in total. The van der Waals surface area contributed by atoms with Crippen LogP contribution in [0.25, 0.3) is 0 Å². The van der Waals surface area contributed by atoms with Gasteiger partial charge in [-0.2, -0.15) is 0 Å². The highest BCUT2D eigenvalue weighted by atomic mass is 79.9. The van der Waals surface area contributed by atoms with Gasteiger partial charge in [0, 0.05) is 6.04 Å². The predicted molar refractivity (Wildman–Crippen MR) is 61.5 cm³/mol. The van der Waals surface area contributed by atoms with E-state index in [9.17, 15) is 0 Å². The SMILES string of the molecule is Brc1ccc(NC2CCNCC2)s1. The Balaban J connectivity index is 1.89. The maximum Gasteiger partial charge on any atom is 0.0896 e. The molecule has 0 unspecified atom stereocenters. The van der Waals surface area contributed by atoms with E-state index in [1.165, 1.54) is 21.6 Å². The van der Waals surface area contributed by atoms with Crippen LogP contribution in [-0.2, 0) is 0 Å². The molecule has 2 N–H and O–H groups in total. The number of piperidine rings is 1. The molecule has 0 bridgehead atoms. The molecule has 0 aliphatic carbocycles. The first-order chi connectivity index (χ1) is 6.34. The first-order valence-corrected chi connectivity index (χ1v) is 6.18. The van der Waals surface area contributed by atoms with Crippen LogP contribution >= 0.6 is 27.3 Å². The Hall–Kier alpha value is -0.0600. The molecule has 4 heteroatoms. The van der Waals surface area contributed by atoms with E-state index in [1.54, 1.807) is 11.3 Å². The van der Waals surface area contributed by atoms with Gasteiger partial charge in [0.2, 0.25) is 0 Å². The Labute approximate surface area is 90.9 Å². The normalized spacial score (nSPS) is 18.8. The summed E-state index contributed by atoms with van der Waals surface area (Å²) < 4.78 is 1.20. The Kier molecular flexibility index (Phi) is 3.24. The number of nitrogens with one attached hydrogen (secondary N) is 2. The second-order valence-electron chi connectivity index (χ2n) is 3.27. The molecule has 72 valence electrons. The van der Waals surface area contributed by atoms with Gasteiger partial charge in [-0.15, -0.1) is 11.3 Å². The van der Waals surface area contributed by atoms with Crippen LogP contribution in [0.2, 0.25) is 0 Å². The molecule has 0 saturated carbocycles. The fourth-order valence-corrected chi connectivity index (χ4v) is 2.92. The summed E-state index contributed by atoms with van der Waals surface area (Å²) in [7, 11) is 0. The van der Waals surface area contributed by atoms with E-state index >= 15 is 0 Å². The van der Waals surface area contributed by atoms with E-state index in [2.05, 4.69) is 38.7 Å². The van der Waals surface area contributed by atoms with Crippen molar-refractivity contribution in [2.45, 2.75) is 18.9 Å². The van der Waals surface area contributed by atoms with Crippen LogP contribution in [0, 0.1) is 0 Å². The number of hydrogen-bond acceptors (Lipinski definition) is 3. The minimum absolute atomic E-state index is 0.659. The minimum atomic E-state index is 0.659. The summed E-state index contributed by atoms with van der Waals surface area (Å²) in [6, 6.07) is 4.89. The largest absolute Gasteiger partial charge is 0.374 e. The summed E-state index contributed by atoms with van der Waals surface area (Å²) in [5.74, 6) is 0. The Morgan fingerprint density at radius 3 is 2.77 bits per heavy atom. The third-order valence-corrected chi connectivity index (χ3v) is 3.81. The molecule has 0 radical (unpaired) electrons. The first-order valence-electron chi connectivity index (χ1n) is 4.57. The standard InChI is InChI=1S/C9H13BrN2S/c10-8-1-2-9(13-8)12-7-3-5-11-6-4-7/h1-2,7,11-12H,3-6H2. The molecule has 0 aromatic carbocycles. The summed E-state index contributed by atoms with van der Waals surface area (Å²) in [5.41, 5.74) is 0. The molecular weight excluding hydrogens is 248 g/mol. The monoisotopic (exact) mass is 260 g/mol. The molecule has 2 rings (SSSR count). The van der Waals surface area contributed by atoms with Gasteiger partial charge in [0.1, 0.15) is 0 Å². The number of anilines is 1. The van der Waals surface area contributed by atoms with Crippen LogP contribution in [-0.4, -0.2) is 19.1 Å². The summed E-state index contributed by atoms with van der Waals surface area (Å²) in [5, 5.41) is 8.19. The van der Waals surface area contributed by atoms with Gasteiger partial charge < -0.3 is 10.6 Å². The average molecular weight is 261 g/mol. The van der Waals surface area contributed by atoms with Gasteiger partial charge >= 0.3 is 0 Å². The molecule has 1 saturated heterocycles. The van der Waals surface area contributed by atoms with Crippen LogP contribution in [0.4, 0.5) is 5.00 Å². The van der Waals surface area contributed by atoms with Crippen molar-refractivity contribution in [1.29, 1.82) is 0 Å². The zero-order valence-electron chi connectivity index (χ0n) is 7.35. The van der Waals surface area contributed by atoms with Crippen molar-refractivity contribution in [3.8, 4) is 0 Å². The second kappa shape index (κ2) is 4.44. The number of halogens is 1. The lowest BCUT2D eigenvalue weighted by Crippen LogP contribution is -2.35. The lowest BCUT2D eigenvalue weighted by molar-refractivity contribution is 0.480. The highest BCUT2D eigenvalue weighted by Crippen LogP contribution is 2.27. The second-order valence-corrected chi connectivity index (χ2v) is 5.74. The zero-order valence-corrected chi connectivity index (χ0v) is 9.75. The topological polar surface area (TPSA) is 24.1 Å². The quantitative estimate of drug-likeness (QED) is 0.855. The lowest BCUT2D eigenvalue weighted by atomic mass is 10.1. The van der Waals surface area contributed by atoms with Gasteiger partial charge in [-0.3, -0.25) is 0 Å². The van der Waals surface area contributed by atoms with Gasteiger partial charge in [-0.05, 0) is 54.0 Å². The van der Waals surface area contributed by atoms with E-state index in [1.807, 2.05) is 0 Å². The first kappa shape index (κ1) is 9.49. The van der Waals surface area contributed by atoms with Gasteiger partial charge in [-0.25, -0.2) is 0 Å². The maximum absolute atomic E-state index is 3.55. The van der Waals surface area contributed by atoms with E-state index in [-0.39, 0.29) is 0 Å². The summed E-state index contributed by atoms with van der Waals surface area (Å²) in [4.78, 5) is 0. The fourth-order valence-electron chi connectivity index (χ4n) is 1.56. The molecule has 1 aromatic rings. The van der Waals surface area contributed by atoms with Crippen molar-refractivity contribution in [2.24, 2.45) is 0 Å². The van der Waals surface area contributed by atoms with Gasteiger partial charge in [0.25, 0.3) is 0 Å². The van der Waals surface area contributed by atoms with Crippen LogP contribution < -0.4 is 10.6 Å². The summed E-state index contributed by atoms with van der Waals surface area (Å²) >= 11 is 5.23. The highest BCUT2D eigenvalue weighted by molar-refractivity contribution is 9.11. The van der Waals surface area contributed by atoms with Crippen LogP contribution in [0.15, 0.2) is 15.9 Å². The van der Waals surface area contributed by atoms with Gasteiger partial charge in [0.05, 0.1) is 8.79 Å². The third-order valence-electron chi connectivity index (χ3n) is 2.26. The molecule has 1 fully saturated rings. The van der Waals surface area contributed by atoms with E-state index < -0.39 is 0 Å². The molecular formula is C9H13BrN2S. The summed E-state index contributed by atoms with van der Waals surface area (Å²) in [6.07, 6.45) is 2.46. The van der Waals surface area contributed by atoms with Gasteiger partial charge in [0.15, 0.2) is 0 Å². The minimum Gasteiger partial charge on any atom is -0.374 e. The van der Waals surface area contributed by atoms with E-state index in [4.69, 9.17) is 0 Å². The van der Waals surface area contributed by atoms with Crippen LogP contribution in [0.5, 0.6) is 0 Å². The molecule has 0 atom stereocenters. The molecule has 0 spiro atoms. The van der Waals surface area contributed by atoms with E-state index in [0.29, 0.717) is 6.04 Å². The zero-order chi connectivity index (χ0) is 9.10. The Bertz CT molecular complexity index is 268. The van der Waals surface area contributed by atoms with Crippen molar-refractivity contribution in [1.82, 2.24) is 5.32 Å². The highest BCUT2D eigenvalue weighted by Gasteiger charge is 2.12. The van der Waals surface area contributed by atoms with Crippen molar-refractivity contribution < 1.29 is 0 Å². The molecule has 1 aromatic heterocycles. The smallest absolute Gasteiger partial charge is 0.0896 e. The predicted octanol–water partition coefficient (Wildman–Crippen LogP) is 2.67. The molecule has 2 heterocycles. The maximum atomic E-state index is 3.55. The lowest BCUT2D eigenvalue weighted by Gasteiger charge is -2.23. The van der Waals surface area contributed by atoms with Crippen molar-refractivity contribution in [2.75, 3.05) is 18.4 Å². The molecule has 1 aliphatic heterocycles. The third kappa shape index (κ3) is 2.69. The van der Waals surface area contributed by atoms with Crippen molar-refractivity contribution >= 4 is 32.3 Å². The fraction of sp³-hybridized carbons (Fsp3) is 0.556. The summed E-state index contributed by atoms with van der Waals surface area (Å²) in [6.45, 7) is 2.29. The number of thiophene rings is 1.